The molecule has 0 radical (unpaired) electrons. The first-order valence-electron chi connectivity index (χ1n) is 7.47. The second-order valence-electron chi connectivity index (χ2n) is 5.38. The van der Waals surface area contributed by atoms with Crippen LogP contribution in [0.2, 0.25) is 0 Å². The fourth-order valence-corrected chi connectivity index (χ4v) is 2.67. The number of nitrogens with one attached hydrogen (secondary N) is 3. The Morgan fingerprint density at radius 3 is 2.68 bits per heavy atom. The van der Waals surface area contributed by atoms with Crippen molar-refractivity contribution in [1.29, 1.82) is 0 Å². The number of amides is 1. The van der Waals surface area contributed by atoms with Crippen LogP contribution in [0.3, 0.4) is 0 Å². The smallest absolute Gasteiger partial charge is 0.255 e. The third kappa shape index (κ3) is 3.12. The van der Waals surface area contributed by atoms with Gasteiger partial charge in [-0.3, -0.25) is 9.89 Å². The Hall–Kier alpha value is -2.34. The first-order valence-corrected chi connectivity index (χ1v) is 7.47. The van der Waals surface area contributed by atoms with Gasteiger partial charge in [-0.05, 0) is 50.2 Å². The number of hydrogen-bond acceptors (Lipinski definition) is 4. The first-order chi connectivity index (χ1) is 10.8. The lowest BCUT2D eigenvalue weighted by atomic mass is 10.0. The highest BCUT2D eigenvalue weighted by Crippen LogP contribution is 2.23. The van der Waals surface area contributed by atoms with Crippen LogP contribution >= 0.6 is 0 Å². The molecular weight excluding hydrogens is 280 g/mol. The van der Waals surface area contributed by atoms with Gasteiger partial charge in [0.05, 0.1) is 24.6 Å². The van der Waals surface area contributed by atoms with E-state index in [1.807, 2.05) is 24.3 Å². The third-order valence-electron chi connectivity index (χ3n) is 3.94. The van der Waals surface area contributed by atoms with Crippen molar-refractivity contribution < 1.29 is 9.53 Å². The highest BCUT2D eigenvalue weighted by molar-refractivity contribution is 5.99. The van der Waals surface area contributed by atoms with Crippen LogP contribution in [0.15, 0.2) is 30.5 Å². The maximum absolute atomic E-state index is 12.5. The van der Waals surface area contributed by atoms with Crippen LogP contribution < -0.4 is 15.4 Å². The van der Waals surface area contributed by atoms with E-state index in [-0.39, 0.29) is 11.9 Å². The van der Waals surface area contributed by atoms with Crippen molar-refractivity contribution in [2.45, 2.75) is 18.9 Å². The van der Waals surface area contributed by atoms with E-state index in [1.54, 1.807) is 13.3 Å². The van der Waals surface area contributed by atoms with Crippen molar-refractivity contribution in [1.82, 2.24) is 20.8 Å². The van der Waals surface area contributed by atoms with Crippen molar-refractivity contribution in [2.75, 3.05) is 20.2 Å². The van der Waals surface area contributed by atoms with E-state index in [1.165, 1.54) is 0 Å². The predicted octanol–water partition coefficient (Wildman–Crippen LogP) is 1.57. The van der Waals surface area contributed by atoms with E-state index in [0.717, 1.165) is 42.9 Å². The monoisotopic (exact) mass is 300 g/mol. The molecule has 0 unspecified atom stereocenters. The topological polar surface area (TPSA) is 79.0 Å². The zero-order valence-corrected chi connectivity index (χ0v) is 12.6. The number of aromatic nitrogens is 2. The Labute approximate surface area is 129 Å². The SMILES string of the molecule is COc1ccc(-c2[nH]ncc2C(=O)NC2CCNCC2)cc1. The molecule has 3 N–H and O–H groups in total. The molecule has 1 aromatic heterocycles. The highest BCUT2D eigenvalue weighted by atomic mass is 16.5. The molecule has 1 aliphatic heterocycles. The summed E-state index contributed by atoms with van der Waals surface area (Å²) in [6.45, 7) is 1.89. The molecule has 2 heterocycles. The summed E-state index contributed by atoms with van der Waals surface area (Å²) in [4.78, 5) is 12.5. The molecule has 116 valence electrons. The fraction of sp³-hybridized carbons (Fsp3) is 0.375. The van der Waals surface area contributed by atoms with E-state index >= 15 is 0 Å². The van der Waals surface area contributed by atoms with Crippen LogP contribution in [0.1, 0.15) is 23.2 Å². The van der Waals surface area contributed by atoms with Crippen LogP contribution in [0.5, 0.6) is 5.75 Å². The molecule has 2 aromatic rings. The lowest BCUT2D eigenvalue weighted by molar-refractivity contribution is 0.0930. The largest absolute Gasteiger partial charge is 0.497 e. The number of H-pyrrole nitrogens is 1. The number of carbonyl (C=O) groups is 1. The molecule has 3 rings (SSSR count). The lowest BCUT2D eigenvalue weighted by Gasteiger charge is -2.23. The Kier molecular flexibility index (Phi) is 4.39. The Morgan fingerprint density at radius 1 is 1.27 bits per heavy atom. The second-order valence-corrected chi connectivity index (χ2v) is 5.38. The van der Waals surface area contributed by atoms with E-state index in [0.29, 0.717) is 5.56 Å². The molecule has 0 bridgehead atoms. The minimum Gasteiger partial charge on any atom is -0.497 e. The number of nitrogens with zero attached hydrogens (tertiary/aromatic N) is 1. The molecule has 0 saturated carbocycles. The molecule has 1 saturated heterocycles. The van der Waals surface area contributed by atoms with Gasteiger partial charge in [0.2, 0.25) is 0 Å². The molecule has 1 amide bonds. The number of aromatic amines is 1. The minimum absolute atomic E-state index is 0.0773. The van der Waals surface area contributed by atoms with Gasteiger partial charge in [-0.25, -0.2) is 0 Å². The summed E-state index contributed by atoms with van der Waals surface area (Å²) in [6, 6.07) is 7.78. The van der Waals surface area contributed by atoms with Gasteiger partial charge < -0.3 is 15.4 Å². The van der Waals surface area contributed by atoms with Gasteiger partial charge in [0, 0.05) is 11.6 Å². The minimum atomic E-state index is -0.0773. The summed E-state index contributed by atoms with van der Waals surface area (Å²) >= 11 is 0. The number of ether oxygens (including phenoxy) is 1. The van der Waals surface area contributed by atoms with Crippen molar-refractivity contribution in [2.24, 2.45) is 0 Å². The average Bonchev–Trinajstić information content (AvgIpc) is 3.05. The number of carbonyl (C=O) groups excluding carboxylic acids is 1. The summed E-state index contributed by atoms with van der Waals surface area (Å²) < 4.78 is 5.15. The molecule has 6 nitrogen and oxygen atoms in total. The summed E-state index contributed by atoms with van der Waals surface area (Å²) in [5.74, 6) is 0.704. The average molecular weight is 300 g/mol. The van der Waals surface area contributed by atoms with Crippen molar-refractivity contribution in [3.05, 3.63) is 36.0 Å². The number of rotatable bonds is 4. The van der Waals surface area contributed by atoms with Crippen LogP contribution in [0.4, 0.5) is 0 Å². The summed E-state index contributed by atoms with van der Waals surface area (Å²) in [6.07, 6.45) is 3.50. The predicted molar refractivity (Wildman–Crippen MR) is 83.9 cm³/mol. The van der Waals surface area contributed by atoms with Crippen LogP contribution in [-0.4, -0.2) is 42.3 Å². The molecular formula is C16H20N4O2. The second kappa shape index (κ2) is 6.62. The summed E-state index contributed by atoms with van der Waals surface area (Å²) in [5.41, 5.74) is 2.21. The van der Waals surface area contributed by atoms with Gasteiger partial charge in [-0.15, -0.1) is 0 Å². The van der Waals surface area contributed by atoms with E-state index in [4.69, 9.17) is 4.74 Å². The maximum atomic E-state index is 12.5. The standard InChI is InChI=1S/C16H20N4O2/c1-22-13-4-2-11(3-5-13)15-14(10-18-20-15)16(21)19-12-6-8-17-9-7-12/h2-5,10,12,17H,6-9H2,1H3,(H,18,20)(H,19,21). The van der Waals surface area contributed by atoms with Crippen molar-refractivity contribution in [3.63, 3.8) is 0 Å². The van der Waals surface area contributed by atoms with Gasteiger partial charge in [0.25, 0.3) is 5.91 Å². The molecule has 1 fully saturated rings. The van der Waals surface area contributed by atoms with Gasteiger partial charge in [-0.1, -0.05) is 0 Å². The number of methoxy groups -OCH3 is 1. The zero-order valence-electron chi connectivity index (χ0n) is 12.6. The number of piperidine rings is 1. The molecule has 0 spiro atoms. The van der Waals surface area contributed by atoms with Gasteiger partial charge >= 0.3 is 0 Å². The maximum Gasteiger partial charge on any atom is 0.255 e. The van der Waals surface area contributed by atoms with Gasteiger partial charge in [0.15, 0.2) is 0 Å². The van der Waals surface area contributed by atoms with Gasteiger partial charge in [0.1, 0.15) is 5.75 Å². The Balaban J connectivity index is 1.76. The Morgan fingerprint density at radius 2 is 2.00 bits per heavy atom. The van der Waals surface area contributed by atoms with Crippen molar-refractivity contribution in [3.8, 4) is 17.0 Å². The molecule has 6 heteroatoms. The van der Waals surface area contributed by atoms with Crippen LogP contribution in [-0.2, 0) is 0 Å². The third-order valence-corrected chi connectivity index (χ3v) is 3.94. The van der Waals surface area contributed by atoms with Gasteiger partial charge in [-0.2, -0.15) is 5.10 Å². The fourth-order valence-electron chi connectivity index (χ4n) is 2.67. The van der Waals surface area contributed by atoms with E-state index < -0.39 is 0 Å². The van der Waals surface area contributed by atoms with Crippen LogP contribution in [0.25, 0.3) is 11.3 Å². The zero-order chi connectivity index (χ0) is 15.4. The van der Waals surface area contributed by atoms with E-state index in [2.05, 4.69) is 20.8 Å². The molecule has 0 atom stereocenters. The summed E-state index contributed by atoms with van der Waals surface area (Å²) in [7, 11) is 1.63. The molecule has 22 heavy (non-hydrogen) atoms. The number of benzene rings is 1. The molecule has 1 aromatic carbocycles. The molecule has 1 aliphatic rings. The normalized spacial score (nSPS) is 15.5. The van der Waals surface area contributed by atoms with E-state index in [9.17, 15) is 4.79 Å². The summed E-state index contributed by atoms with van der Waals surface area (Å²) in [5, 5.41) is 13.3. The van der Waals surface area contributed by atoms with Crippen LogP contribution in [0, 0.1) is 0 Å². The van der Waals surface area contributed by atoms with Crippen molar-refractivity contribution >= 4 is 5.91 Å². The molecule has 0 aliphatic carbocycles. The Bertz CT molecular complexity index is 630. The quantitative estimate of drug-likeness (QED) is 0.801. The lowest BCUT2D eigenvalue weighted by Crippen LogP contribution is -2.42. The first kappa shape index (κ1) is 14.6. The number of hydrogen-bond donors (Lipinski definition) is 3. The highest BCUT2D eigenvalue weighted by Gasteiger charge is 2.20.